The van der Waals surface area contributed by atoms with Crippen molar-refractivity contribution >= 4 is 22.6 Å². The van der Waals surface area contributed by atoms with E-state index in [-0.39, 0.29) is 0 Å². The Morgan fingerprint density at radius 1 is 1.44 bits per heavy atom. The highest BCUT2D eigenvalue weighted by atomic mass is 32.1. The average molecular weight is 256 g/mol. The van der Waals surface area contributed by atoms with E-state index in [0.717, 1.165) is 22.1 Å². The summed E-state index contributed by atoms with van der Waals surface area (Å²) in [5.41, 5.74) is 3.29. The van der Waals surface area contributed by atoms with Crippen molar-refractivity contribution in [3.05, 3.63) is 46.3 Å². The Morgan fingerprint density at radius 3 is 2.89 bits per heavy atom. The molecular weight excluding hydrogens is 244 g/mol. The molecule has 5 heteroatoms. The maximum absolute atomic E-state index is 9.12. The second kappa shape index (κ2) is 5.43. The molecule has 0 amide bonds. The first kappa shape index (κ1) is 12.3. The Balaban J connectivity index is 2.19. The number of thiazole rings is 1. The molecule has 0 spiro atoms. The smallest absolute Gasteiger partial charge is 0.135 e. The van der Waals surface area contributed by atoms with E-state index in [4.69, 9.17) is 5.26 Å². The zero-order valence-electron chi connectivity index (χ0n) is 10.1. The number of anilines is 1. The van der Waals surface area contributed by atoms with Crippen LogP contribution in [0.1, 0.15) is 16.4 Å². The molecule has 2 aromatic heterocycles. The Labute approximate surface area is 110 Å². The first-order chi connectivity index (χ1) is 8.69. The molecular formula is C13H12N4S. The molecule has 2 heterocycles. The molecule has 0 unspecified atom stereocenters. The highest BCUT2D eigenvalue weighted by molar-refractivity contribution is 7.10. The number of hydrogen-bond donors (Lipinski definition) is 1. The Kier molecular flexibility index (Phi) is 3.70. The lowest BCUT2D eigenvalue weighted by molar-refractivity contribution is 1.20. The molecule has 4 nitrogen and oxygen atoms in total. The molecule has 0 aromatic carbocycles. The van der Waals surface area contributed by atoms with Gasteiger partial charge in [0.25, 0.3) is 0 Å². The molecule has 0 radical (unpaired) electrons. The average Bonchev–Trinajstić information content (AvgIpc) is 2.77. The summed E-state index contributed by atoms with van der Waals surface area (Å²) in [6.07, 6.45) is 3.40. The summed E-state index contributed by atoms with van der Waals surface area (Å²) in [5.74, 6) is 0. The summed E-state index contributed by atoms with van der Waals surface area (Å²) in [6, 6.07) is 5.92. The number of hydrogen-bond acceptors (Lipinski definition) is 5. The lowest BCUT2D eigenvalue weighted by Crippen LogP contribution is -1.92. The van der Waals surface area contributed by atoms with E-state index >= 15 is 0 Å². The maximum atomic E-state index is 9.12. The van der Waals surface area contributed by atoms with Crippen LogP contribution in [0.4, 0.5) is 5.69 Å². The third-order valence-corrected chi connectivity index (χ3v) is 3.24. The van der Waals surface area contributed by atoms with E-state index in [1.165, 1.54) is 11.3 Å². The third kappa shape index (κ3) is 2.93. The van der Waals surface area contributed by atoms with E-state index in [1.807, 2.05) is 31.4 Å². The summed E-state index contributed by atoms with van der Waals surface area (Å²) >= 11 is 1.47. The van der Waals surface area contributed by atoms with Crippen molar-refractivity contribution in [2.45, 2.75) is 13.8 Å². The van der Waals surface area contributed by atoms with Crippen LogP contribution >= 0.6 is 11.3 Å². The molecule has 90 valence electrons. The fourth-order valence-electron chi connectivity index (χ4n) is 1.41. The first-order valence-corrected chi connectivity index (χ1v) is 6.29. The summed E-state index contributed by atoms with van der Waals surface area (Å²) in [5, 5.41) is 14.9. The standard InChI is InChI=1S/C13H12N4S/c1-9-5-12(3-4-15-9)16-7-11(6-14)13-17-10(2)8-18-13/h3-5,7-8H,1-2H3,(H,15,16)/b11-7+. The van der Waals surface area contributed by atoms with Crippen LogP contribution in [0.2, 0.25) is 0 Å². The predicted octanol–water partition coefficient (Wildman–Crippen LogP) is 3.13. The van der Waals surface area contributed by atoms with Crippen LogP contribution in [0.3, 0.4) is 0 Å². The zero-order valence-corrected chi connectivity index (χ0v) is 11.0. The van der Waals surface area contributed by atoms with Crippen LogP contribution in [-0.4, -0.2) is 9.97 Å². The summed E-state index contributed by atoms with van der Waals surface area (Å²) < 4.78 is 0. The van der Waals surface area contributed by atoms with Gasteiger partial charge in [-0.1, -0.05) is 0 Å². The van der Waals surface area contributed by atoms with Gasteiger partial charge in [0.2, 0.25) is 0 Å². The van der Waals surface area contributed by atoms with E-state index in [0.29, 0.717) is 5.57 Å². The molecule has 1 N–H and O–H groups in total. The van der Waals surface area contributed by atoms with Gasteiger partial charge >= 0.3 is 0 Å². The van der Waals surface area contributed by atoms with Gasteiger partial charge in [-0.15, -0.1) is 11.3 Å². The predicted molar refractivity (Wildman–Crippen MR) is 73.0 cm³/mol. The molecule has 0 bridgehead atoms. The molecule has 0 saturated heterocycles. The molecule has 0 aliphatic heterocycles. The van der Waals surface area contributed by atoms with Gasteiger partial charge in [-0.2, -0.15) is 5.26 Å². The Morgan fingerprint density at radius 2 is 2.28 bits per heavy atom. The van der Waals surface area contributed by atoms with Gasteiger partial charge in [-0.3, -0.25) is 4.98 Å². The quantitative estimate of drug-likeness (QED) is 0.857. The number of allylic oxidation sites excluding steroid dienone is 1. The van der Waals surface area contributed by atoms with Crippen LogP contribution in [-0.2, 0) is 0 Å². The normalized spacial score (nSPS) is 11.1. The molecule has 0 saturated carbocycles. The minimum Gasteiger partial charge on any atom is -0.360 e. The SMILES string of the molecule is Cc1cc(N/C=C(\C#N)c2nc(C)cs2)ccn1. The van der Waals surface area contributed by atoms with Crippen molar-refractivity contribution in [1.29, 1.82) is 5.26 Å². The molecule has 2 aromatic rings. The van der Waals surface area contributed by atoms with Crippen molar-refractivity contribution in [3.8, 4) is 6.07 Å². The van der Waals surface area contributed by atoms with Crippen molar-refractivity contribution in [2.24, 2.45) is 0 Å². The Bertz CT molecular complexity index is 622. The van der Waals surface area contributed by atoms with Crippen LogP contribution in [0.15, 0.2) is 29.9 Å². The van der Waals surface area contributed by atoms with Gasteiger partial charge in [-0.05, 0) is 26.0 Å². The second-order valence-corrected chi connectivity index (χ2v) is 4.65. The fourth-order valence-corrected chi connectivity index (χ4v) is 2.17. The summed E-state index contributed by atoms with van der Waals surface area (Å²) in [4.78, 5) is 8.40. The fraction of sp³-hybridized carbons (Fsp3) is 0.154. The van der Waals surface area contributed by atoms with Gasteiger partial charge in [0.05, 0.1) is 0 Å². The zero-order chi connectivity index (χ0) is 13.0. The number of pyridine rings is 1. The van der Waals surface area contributed by atoms with E-state index < -0.39 is 0 Å². The van der Waals surface area contributed by atoms with Crippen LogP contribution in [0.5, 0.6) is 0 Å². The van der Waals surface area contributed by atoms with Crippen molar-refractivity contribution in [1.82, 2.24) is 9.97 Å². The van der Waals surface area contributed by atoms with Gasteiger partial charge in [0.1, 0.15) is 16.6 Å². The minimum absolute atomic E-state index is 0.530. The van der Waals surface area contributed by atoms with Crippen molar-refractivity contribution < 1.29 is 0 Å². The maximum Gasteiger partial charge on any atom is 0.135 e. The molecule has 0 atom stereocenters. The van der Waals surface area contributed by atoms with Gasteiger partial charge in [0, 0.05) is 34.9 Å². The third-order valence-electron chi connectivity index (χ3n) is 2.25. The molecule has 2 rings (SSSR count). The highest BCUT2D eigenvalue weighted by Crippen LogP contribution is 2.19. The highest BCUT2D eigenvalue weighted by Gasteiger charge is 2.04. The lowest BCUT2D eigenvalue weighted by atomic mass is 10.3. The molecule has 0 aliphatic rings. The summed E-state index contributed by atoms with van der Waals surface area (Å²) in [7, 11) is 0. The number of nitriles is 1. The molecule has 0 aliphatic carbocycles. The van der Waals surface area contributed by atoms with Gasteiger partial charge in [0.15, 0.2) is 0 Å². The van der Waals surface area contributed by atoms with Crippen LogP contribution < -0.4 is 5.32 Å². The Hall–Kier alpha value is -2.19. The molecule has 0 fully saturated rings. The van der Waals surface area contributed by atoms with Crippen molar-refractivity contribution in [2.75, 3.05) is 5.32 Å². The molecule has 18 heavy (non-hydrogen) atoms. The van der Waals surface area contributed by atoms with E-state index in [1.54, 1.807) is 12.4 Å². The van der Waals surface area contributed by atoms with Crippen molar-refractivity contribution in [3.63, 3.8) is 0 Å². The minimum atomic E-state index is 0.530. The van der Waals surface area contributed by atoms with E-state index in [2.05, 4.69) is 21.4 Å². The largest absolute Gasteiger partial charge is 0.360 e. The summed E-state index contributed by atoms with van der Waals surface area (Å²) in [6.45, 7) is 3.83. The second-order valence-electron chi connectivity index (χ2n) is 3.79. The number of nitrogens with one attached hydrogen (secondary N) is 1. The first-order valence-electron chi connectivity index (χ1n) is 5.41. The number of aryl methyl sites for hydroxylation is 2. The lowest BCUT2D eigenvalue weighted by Gasteiger charge is -2.01. The topological polar surface area (TPSA) is 61.6 Å². The van der Waals surface area contributed by atoms with Crippen LogP contribution in [0.25, 0.3) is 5.57 Å². The number of rotatable bonds is 3. The van der Waals surface area contributed by atoms with Gasteiger partial charge in [-0.25, -0.2) is 4.98 Å². The number of aromatic nitrogens is 2. The number of nitrogens with zero attached hydrogens (tertiary/aromatic N) is 3. The van der Waals surface area contributed by atoms with E-state index in [9.17, 15) is 0 Å². The van der Waals surface area contributed by atoms with Crippen LogP contribution in [0, 0.1) is 25.2 Å². The monoisotopic (exact) mass is 256 g/mol. The van der Waals surface area contributed by atoms with Gasteiger partial charge < -0.3 is 5.32 Å².